The van der Waals surface area contributed by atoms with Crippen molar-refractivity contribution in [2.75, 3.05) is 7.11 Å². The van der Waals surface area contributed by atoms with E-state index in [1.807, 2.05) is 36.4 Å². The second kappa shape index (κ2) is 6.60. The van der Waals surface area contributed by atoms with Gasteiger partial charge >= 0.3 is 0 Å². The molecule has 2 rings (SSSR count). The molecule has 0 radical (unpaired) electrons. The Balaban J connectivity index is 1.94. The quantitative estimate of drug-likeness (QED) is 0.894. The van der Waals surface area contributed by atoms with Crippen LogP contribution in [0.5, 0.6) is 5.75 Å². The van der Waals surface area contributed by atoms with Crippen LogP contribution in [0.15, 0.2) is 48.5 Å². The molecule has 2 aromatic carbocycles. The number of hydrogen-bond donors (Lipinski definition) is 1. The molecule has 3 heteroatoms. The van der Waals surface area contributed by atoms with E-state index in [1.165, 1.54) is 5.56 Å². The normalized spacial score (nSPS) is 12.2. The molecular weight excluding hydrogens is 260 g/mol. The average Bonchev–Trinajstić information content (AvgIpc) is 2.45. The number of hydrogen-bond acceptors (Lipinski definition) is 2. The predicted molar refractivity (Wildman–Crippen MR) is 77.7 cm³/mol. The molecule has 0 saturated heterocycles. The fourth-order valence-electron chi connectivity index (χ4n) is 1.98. The summed E-state index contributed by atoms with van der Waals surface area (Å²) in [5, 5.41) is 10.8. The zero-order valence-electron chi connectivity index (χ0n) is 10.8. The van der Waals surface area contributed by atoms with Gasteiger partial charge in [-0.3, -0.25) is 0 Å². The molecule has 2 nitrogen and oxygen atoms in total. The van der Waals surface area contributed by atoms with Crippen LogP contribution < -0.4 is 4.74 Å². The molecule has 0 heterocycles. The van der Waals surface area contributed by atoms with Crippen molar-refractivity contribution in [2.45, 2.75) is 18.9 Å². The Morgan fingerprint density at radius 2 is 1.89 bits per heavy atom. The van der Waals surface area contributed by atoms with Crippen LogP contribution in [0.1, 0.15) is 23.7 Å². The van der Waals surface area contributed by atoms with Gasteiger partial charge in [0, 0.05) is 5.02 Å². The Morgan fingerprint density at radius 3 is 2.53 bits per heavy atom. The number of rotatable bonds is 5. The Hall–Kier alpha value is -1.51. The van der Waals surface area contributed by atoms with Crippen molar-refractivity contribution in [3.05, 3.63) is 64.7 Å². The number of benzene rings is 2. The highest BCUT2D eigenvalue weighted by Crippen LogP contribution is 2.22. The minimum Gasteiger partial charge on any atom is -0.497 e. The molecule has 1 unspecified atom stereocenters. The molecule has 0 aliphatic carbocycles. The molecule has 0 saturated carbocycles. The van der Waals surface area contributed by atoms with E-state index in [2.05, 4.69) is 0 Å². The number of aliphatic hydroxyl groups is 1. The lowest BCUT2D eigenvalue weighted by Gasteiger charge is -2.11. The summed E-state index contributed by atoms with van der Waals surface area (Å²) in [5.74, 6) is 0.846. The van der Waals surface area contributed by atoms with Gasteiger partial charge in [0.15, 0.2) is 0 Å². The van der Waals surface area contributed by atoms with Gasteiger partial charge < -0.3 is 9.84 Å². The highest BCUT2D eigenvalue weighted by Gasteiger charge is 2.08. The molecule has 0 fully saturated rings. The third-order valence-electron chi connectivity index (χ3n) is 3.10. The van der Waals surface area contributed by atoms with Gasteiger partial charge in [0.25, 0.3) is 0 Å². The minimum absolute atomic E-state index is 0.485. The Kier molecular flexibility index (Phi) is 4.83. The summed E-state index contributed by atoms with van der Waals surface area (Å²) in [6.07, 6.45) is 1.01. The van der Waals surface area contributed by atoms with Gasteiger partial charge in [-0.15, -0.1) is 0 Å². The van der Waals surface area contributed by atoms with Gasteiger partial charge in [0.1, 0.15) is 5.75 Å². The molecule has 2 aromatic rings. The van der Waals surface area contributed by atoms with Gasteiger partial charge in [-0.1, -0.05) is 35.9 Å². The second-order valence-corrected chi connectivity index (χ2v) is 4.89. The molecule has 0 spiro atoms. The van der Waals surface area contributed by atoms with Crippen LogP contribution in [0.3, 0.4) is 0 Å². The second-order valence-electron chi connectivity index (χ2n) is 4.46. The van der Waals surface area contributed by atoms with Gasteiger partial charge in [0.05, 0.1) is 13.2 Å². The molecule has 100 valence electrons. The number of halogens is 1. The van der Waals surface area contributed by atoms with Crippen molar-refractivity contribution in [2.24, 2.45) is 0 Å². The predicted octanol–water partition coefficient (Wildman–Crippen LogP) is 4.01. The van der Waals surface area contributed by atoms with E-state index in [0.717, 1.165) is 17.7 Å². The molecule has 19 heavy (non-hydrogen) atoms. The van der Waals surface area contributed by atoms with Crippen molar-refractivity contribution >= 4 is 11.6 Å². The van der Waals surface area contributed by atoms with Crippen LogP contribution in [0.2, 0.25) is 5.02 Å². The first-order chi connectivity index (χ1) is 9.19. The standard InChI is InChI=1S/C16H17ClO2/c1-19-15-8-5-12(6-9-15)7-10-16(18)13-3-2-4-14(17)11-13/h2-6,8-9,11,16,18H,7,10H2,1H3. The van der Waals surface area contributed by atoms with Gasteiger partial charge in [-0.25, -0.2) is 0 Å². The monoisotopic (exact) mass is 276 g/mol. The van der Waals surface area contributed by atoms with Crippen LogP contribution >= 0.6 is 11.6 Å². The number of aryl methyl sites for hydroxylation is 1. The van der Waals surface area contributed by atoms with E-state index >= 15 is 0 Å². The number of methoxy groups -OCH3 is 1. The van der Waals surface area contributed by atoms with E-state index in [1.54, 1.807) is 19.2 Å². The number of ether oxygens (including phenoxy) is 1. The van der Waals surface area contributed by atoms with Crippen LogP contribution in [-0.4, -0.2) is 12.2 Å². The van der Waals surface area contributed by atoms with Crippen molar-refractivity contribution in [3.8, 4) is 5.75 Å². The van der Waals surface area contributed by atoms with Gasteiger partial charge in [-0.05, 0) is 48.2 Å². The molecule has 1 atom stereocenters. The first-order valence-corrected chi connectivity index (χ1v) is 6.63. The maximum Gasteiger partial charge on any atom is 0.118 e. The molecule has 0 bridgehead atoms. The highest BCUT2D eigenvalue weighted by atomic mass is 35.5. The third-order valence-corrected chi connectivity index (χ3v) is 3.33. The molecule has 1 N–H and O–H groups in total. The van der Waals surface area contributed by atoms with E-state index < -0.39 is 6.10 Å². The largest absolute Gasteiger partial charge is 0.497 e. The first kappa shape index (κ1) is 13.9. The summed E-state index contributed by atoms with van der Waals surface area (Å²) in [6, 6.07) is 15.3. The van der Waals surface area contributed by atoms with Crippen LogP contribution in [-0.2, 0) is 6.42 Å². The summed E-state index contributed by atoms with van der Waals surface area (Å²) in [5.41, 5.74) is 2.04. The summed E-state index contributed by atoms with van der Waals surface area (Å²) >= 11 is 5.91. The summed E-state index contributed by atoms with van der Waals surface area (Å²) in [4.78, 5) is 0. The smallest absolute Gasteiger partial charge is 0.118 e. The lowest BCUT2D eigenvalue weighted by Crippen LogP contribution is -1.99. The van der Waals surface area contributed by atoms with Crippen molar-refractivity contribution < 1.29 is 9.84 Å². The zero-order valence-corrected chi connectivity index (χ0v) is 11.6. The van der Waals surface area contributed by atoms with Crippen LogP contribution in [0.4, 0.5) is 0 Å². The Bertz CT molecular complexity index is 523. The zero-order chi connectivity index (χ0) is 13.7. The lowest BCUT2D eigenvalue weighted by atomic mass is 10.0. The van der Waals surface area contributed by atoms with Gasteiger partial charge in [0.2, 0.25) is 0 Å². The summed E-state index contributed by atoms with van der Waals surface area (Å²) in [7, 11) is 1.65. The van der Waals surface area contributed by atoms with Crippen LogP contribution in [0.25, 0.3) is 0 Å². The SMILES string of the molecule is COc1ccc(CCC(O)c2cccc(Cl)c2)cc1. The molecular formula is C16H17ClO2. The molecule has 0 aliphatic rings. The lowest BCUT2D eigenvalue weighted by molar-refractivity contribution is 0.168. The van der Waals surface area contributed by atoms with E-state index in [-0.39, 0.29) is 0 Å². The molecule has 0 aromatic heterocycles. The maximum atomic E-state index is 10.1. The average molecular weight is 277 g/mol. The van der Waals surface area contributed by atoms with E-state index in [4.69, 9.17) is 16.3 Å². The van der Waals surface area contributed by atoms with Crippen molar-refractivity contribution in [3.63, 3.8) is 0 Å². The molecule has 0 amide bonds. The first-order valence-electron chi connectivity index (χ1n) is 6.25. The third kappa shape index (κ3) is 3.98. The number of aliphatic hydroxyl groups excluding tert-OH is 1. The van der Waals surface area contributed by atoms with Gasteiger partial charge in [-0.2, -0.15) is 0 Å². The maximum absolute atomic E-state index is 10.1. The Morgan fingerprint density at radius 1 is 1.16 bits per heavy atom. The molecule has 0 aliphatic heterocycles. The topological polar surface area (TPSA) is 29.5 Å². The van der Waals surface area contributed by atoms with E-state index in [9.17, 15) is 5.11 Å². The highest BCUT2D eigenvalue weighted by molar-refractivity contribution is 6.30. The van der Waals surface area contributed by atoms with E-state index in [0.29, 0.717) is 11.4 Å². The van der Waals surface area contributed by atoms with Crippen LogP contribution in [0, 0.1) is 0 Å². The summed E-state index contributed by atoms with van der Waals surface area (Å²) < 4.78 is 5.11. The van der Waals surface area contributed by atoms with Crippen molar-refractivity contribution in [1.29, 1.82) is 0 Å². The summed E-state index contributed by atoms with van der Waals surface area (Å²) in [6.45, 7) is 0. The Labute approximate surface area is 118 Å². The fourth-order valence-corrected chi connectivity index (χ4v) is 2.17. The minimum atomic E-state index is -0.485. The fraction of sp³-hybridized carbons (Fsp3) is 0.250. The van der Waals surface area contributed by atoms with Crippen molar-refractivity contribution in [1.82, 2.24) is 0 Å².